The number of halogens is 1. The molecule has 4 nitrogen and oxygen atoms in total. The van der Waals surface area contributed by atoms with Crippen molar-refractivity contribution >= 4 is 27.3 Å². The quantitative estimate of drug-likeness (QED) is 0.613. The molecule has 0 unspecified atom stereocenters. The lowest BCUT2D eigenvalue weighted by Gasteiger charge is -2.17. The molecule has 0 radical (unpaired) electrons. The van der Waals surface area contributed by atoms with Gasteiger partial charge in [-0.3, -0.25) is 10.1 Å². The molecule has 0 aliphatic carbocycles. The van der Waals surface area contributed by atoms with Crippen molar-refractivity contribution in [3.05, 3.63) is 32.8 Å². The summed E-state index contributed by atoms with van der Waals surface area (Å²) < 4.78 is 0.537. The SMILES string of the molecule is O=[N+]([O-])c1cc(N2CCCC2)ccc1Br. The Morgan fingerprint density at radius 2 is 2.00 bits per heavy atom. The molecule has 5 heteroatoms. The molecular formula is C10H11BrN2O2. The van der Waals surface area contributed by atoms with Gasteiger partial charge in [0.05, 0.1) is 9.40 Å². The molecule has 2 rings (SSSR count). The first-order valence-corrected chi connectivity index (χ1v) is 5.66. The highest BCUT2D eigenvalue weighted by atomic mass is 79.9. The van der Waals surface area contributed by atoms with Crippen molar-refractivity contribution in [2.75, 3.05) is 18.0 Å². The van der Waals surface area contributed by atoms with Crippen LogP contribution in [0.1, 0.15) is 12.8 Å². The summed E-state index contributed by atoms with van der Waals surface area (Å²) in [6.45, 7) is 2.00. The monoisotopic (exact) mass is 270 g/mol. The van der Waals surface area contributed by atoms with E-state index in [0.717, 1.165) is 18.8 Å². The van der Waals surface area contributed by atoms with E-state index in [2.05, 4.69) is 20.8 Å². The van der Waals surface area contributed by atoms with Crippen LogP contribution in [0.5, 0.6) is 0 Å². The number of nitro groups is 1. The Hall–Kier alpha value is -1.10. The molecule has 0 amide bonds. The van der Waals surface area contributed by atoms with E-state index in [4.69, 9.17) is 0 Å². The van der Waals surface area contributed by atoms with Crippen LogP contribution in [0.4, 0.5) is 11.4 Å². The highest BCUT2D eigenvalue weighted by molar-refractivity contribution is 9.10. The van der Waals surface area contributed by atoms with Crippen LogP contribution in [0, 0.1) is 10.1 Å². The van der Waals surface area contributed by atoms with Crippen LogP contribution in [0.3, 0.4) is 0 Å². The van der Waals surface area contributed by atoms with Crippen molar-refractivity contribution in [1.29, 1.82) is 0 Å². The minimum atomic E-state index is -0.357. The lowest BCUT2D eigenvalue weighted by Crippen LogP contribution is -2.17. The Morgan fingerprint density at radius 3 is 2.60 bits per heavy atom. The number of rotatable bonds is 2. The number of hydrogen-bond donors (Lipinski definition) is 0. The number of nitro benzene ring substituents is 1. The van der Waals surface area contributed by atoms with E-state index in [0.29, 0.717) is 4.47 Å². The third kappa shape index (κ3) is 2.12. The third-order valence-electron chi connectivity index (χ3n) is 2.60. The maximum absolute atomic E-state index is 10.7. The third-order valence-corrected chi connectivity index (χ3v) is 3.27. The number of nitrogens with zero attached hydrogens (tertiary/aromatic N) is 2. The first-order valence-electron chi connectivity index (χ1n) is 4.87. The van der Waals surface area contributed by atoms with E-state index in [1.807, 2.05) is 6.07 Å². The lowest BCUT2D eigenvalue weighted by molar-refractivity contribution is -0.385. The molecule has 1 fully saturated rings. The van der Waals surface area contributed by atoms with E-state index < -0.39 is 0 Å². The van der Waals surface area contributed by atoms with Gasteiger partial charge in [0, 0.05) is 24.8 Å². The van der Waals surface area contributed by atoms with Crippen LogP contribution in [-0.4, -0.2) is 18.0 Å². The van der Waals surface area contributed by atoms with Gasteiger partial charge in [0.2, 0.25) is 0 Å². The van der Waals surface area contributed by atoms with Gasteiger partial charge in [-0.15, -0.1) is 0 Å². The van der Waals surface area contributed by atoms with Crippen molar-refractivity contribution in [2.24, 2.45) is 0 Å². The summed E-state index contributed by atoms with van der Waals surface area (Å²) in [4.78, 5) is 12.6. The average molecular weight is 271 g/mol. The van der Waals surface area contributed by atoms with Gasteiger partial charge < -0.3 is 4.90 Å². The fourth-order valence-electron chi connectivity index (χ4n) is 1.81. The van der Waals surface area contributed by atoms with E-state index in [1.54, 1.807) is 12.1 Å². The van der Waals surface area contributed by atoms with Crippen LogP contribution in [0.15, 0.2) is 22.7 Å². The van der Waals surface area contributed by atoms with Gasteiger partial charge in [-0.25, -0.2) is 0 Å². The molecule has 1 aliphatic rings. The molecule has 0 atom stereocenters. The van der Waals surface area contributed by atoms with Crippen molar-refractivity contribution in [2.45, 2.75) is 12.8 Å². The Kier molecular flexibility index (Phi) is 2.90. The van der Waals surface area contributed by atoms with Crippen LogP contribution in [-0.2, 0) is 0 Å². The zero-order valence-corrected chi connectivity index (χ0v) is 9.74. The molecule has 0 bridgehead atoms. The topological polar surface area (TPSA) is 46.4 Å². The zero-order chi connectivity index (χ0) is 10.8. The van der Waals surface area contributed by atoms with Crippen molar-refractivity contribution in [3.8, 4) is 0 Å². The maximum Gasteiger partial charge on any atom is 0.285 e. The van der Waals surface area contributed by atoms with Crippen molar-refractivity contribution < 1.29 is 4.92 Å². The second-order valence-corrected chi connectivity index (χ2v) is 4.44. The first kappa shape index (κ1) is 10.4. The first-order chi connectivity index (χ1) is 7.18. The molecule has 0 spiro atoms. The van der Waals surface area contributed by atoms with E-state index in [9.17, 15) is 10.1 Å². The molecule has 0 saturated carbocycles. The molecule has 1 aromatic rings. The summed E-state index contributed by atoms with van der Waals surface area (Å²) in [5.41, 5.74) is 1.09. The molecule has 1 aliphatic heterocycles. The second-order valence-electron chi connectivity index (χ2n) is 3.59. The molecule has 80 valence electrons. The molecule has 0 N–H and O–H groups in total. The largest absolute Gasteiger partial charge is 0.371 e. The zero-order valence-electron chi connectivity index (χ0n) is 8.15. The lowest BCUT2D eigenvalue weighted by atomic mass is 10.2. The number of hydrogen-bond acceptors (Lipinski definition) is 3. The summed E-state index contributed by atoms with van der Waals surface area (Å²) in [6, 6.07) is 5.30. The fourth-order valence-corrected chi connectivity index (χ4v) is 2.20. The summed E-state index contributed by atoms with van der Waals surface area (Å²) in [6.07, 6.45) is 2.34. The van der Waals surface area contributed by atoms with Crippen LogP contribution >= 0.6 is 15.9 Å². The predicted molar refractivity (Wildman–Crippen MR) is 62.2 cm³/mol. The number of benzene rings is 1. The normalized spacial score (nSPS) is 15.7. The van der Waals surface area contributed by atoms with Gasteiger partial charge in [0.1, 0.15) is 0 Å². The molecular weight excluding hydrogens is 260 g/mol. The highest BCUT2D eigenvalue weighted by Crippen LogP contribution is 2.30. The van der Waals surface area contributed by atoms with Gasteiger partial charge >= 0.3 is 0 Å². The fraction of sp³-hybridized carbons (Fsp3) is 0.400. The maximum atomic E-state index is 10.7. The molecule has 1 heterocycles. The van der Waals surface area contributed by atoms with Gasteiger partial charge in [0.25, 0.3) is 5.69 Å². The van der Waals surface area contributed by atoms with Crippen LogP contribution < -0.4 is 4.90 Å². The van der Waals surface area contributed by atoms with Crippen LogP contribution in [0.25, 0.3) is 0 Å². The van der Waals surface area contributed by atoms with Crippen molar-refractivity contribution in [1.82, 2.24) is 0 Å². The molecule has 1 saturated heterocycles. The summed E-state index contributed by atoms with van der Waals surface area (Å²) in [5.74, 6) is 0. The Morgan fingerprint density at radius 1 is 1.33 bits per heavy atom. The number of anilines is 1. The molecule has 0 aromatic heterocycles. The second kappa shape index (κ2) is 4.18. The predicted octanol–water partition coefficient (Wildman–Crippen LogP) is 2.96. The van der Waals surface area contributed by atoms with E-state index >= 15 is 0 Å². The highest BCUT2D eigenvalue weighted by Gasteiger charge is 2.17. The van der Waals surface area contributed by atoms with Crippen molar-refractivity contribution in [3.63, 3.8) is 0 Å². The van der Waals surface area contributed by atoms with Gasteiger partial charge in [-0.1, -0.05) is 0 Å². The minimum absolute atomic E-state index is 0.138. The summed E-state index contributed by atoms with van der Waals surface area (Å²) >= 11 is 3.18. The smallest absolute Gasteiger partial charge is 0.285 e. The Bertz CT molecular complexity index is 389. The standard InChI is InChI=1S/C10H11BrN2O2/c11-9-4-3-8(7-10(9)13(14)15)12-5-1-2-6-12/h3-4,7H,1-2,5-6H2. The Labute approximate surface area is 96.2 Å². The molecule has 15 heavy (non-hydrogen) atoms. The minimum Gasteiger partial charge on any atom is -0.371 e. The Balaban J connectivity index is 2.33. The summed E-state index contributed by atoms with van der Waals surface area (Å²) in [5, 5.41) is 10.7. The van der Waals surface area contributed by atoms with Gasteiger partial charge in [-0.2, -0.15) is 0 Å². The van der Waals surface area contributed by atoms with Crippen LogP contribution in [0.2, 0.25) is 0 Å². The molecule has 1 aromatic carbocycles. The summed E-state index contributed by atoms with van der Waals surface area (Å²) in [7, 11) is 0. The van der Waals surface area contributed by atoms with Gasteiger partial charge in [0.15, 0.2) is 0 Å². The van der Waals surface area contributed by atoms with E-state index in [-0.39, 0.29) is 10.6 Å². The van der Waals surface area contributed by atoms with E-state index in [1.165, 1.54) is 12.8 Å². The average Bonchev–Trinajstić information content (AvgIpc) is 2.71. The van der Waals surface area contributed by atoms with Gasteiger partial charge in [-0.05, 0) is 40.9 Å².